The fourth-order valence-corrected chi connectivity index (χ4v) is 1.46. The maximum atomic E-state index is 5.08. The molecule has 0 aromatic carbocycles. The Labute approximate surface area is 85.5 Å². The maximum Gasteiger partial charge on any atom is 0.0480 e. The SMILES string of the molecule is CCNC(CCOC)c1ccncc1. The van der Waals surface area contributed by atoms with E-state index < -0.39 is 0 Å². The second-order valence-corrected chi connectivity index (χ2v) is 3.17. The van der Waals surface area contributed by atoms with E-state index in [-0.39, 0.29) is 0 Å². The van der Waals surface area contributed by atoms with Gasteiger partial charge in [0.15, 0.2) is 0 Å². The van der Waals surface area contributed by atoms with Gasteiger partial charge < -0.3 is 10.1 Å². The van der Waals surface area contributed by atoms with Crippen LogP contribution in [0.25, 0.3) is 0 Å². The lowest BCUT2D eigenvalue weighted by atomic mass is 10.1. The van der Waals surface area contributed by atoms with Crippen molar-refractivity contribution < 1.29 is 4.74 Å². The van der Waals surface area contributed by atoms with Gasteiger partial charge >= 0.3 is 0 Å². The summed E-state index contributed by atoms with van der Waals surface area (Å²) in [6.45, 7) is 3.86. The molecule has 1 N–H and O–H groups in total. The van der Waals surface area contributed by atoms with Crippen molar-refractivity contribution in [2.45, 2.75) is 19.4 Å². The predicted octanol–water partition coefficient (Wildman–Crippen LogP) is 1.77. The van der Waals surface area contributed by atoms with Crippen molar-refractivity contribution in [3.05, 3.63) is 30.1 Å². The van der Waals surface area contributed by atoms with Crippen molar-refractivity contribution in [2.75, 3.05) is 20.3 Å². The van der Waals surface area contributed by atoms with Crippen LogP contribution in [0.4, 0.5) is 0 Å². The number of hydrogen-bond acceptors (Lipinski definition) is 3. The van der Waals surface area contributed by atoms with Crippen LogP contribution in [0.2, 0.25) is 0 Å². The molecule has 0 aliphatic heterocycles. The summed E-state index contributed by atoms with van der Waals surface area (Å²) in [5, 5.41) is 3.43. The molecule has 0 spiro atoms. The predicted molar refractivity (Wildman–Crippen MR) is 57.1 cm³/mol. The molecular weight excluding hydrogens is 176 g/mol. The van der Waals surface area contributed by atoms with Crippen molar-refractivity contribution in [1.82, 2.24) is 10.3 Å². The molecule has 0 amide bonds. The molecule has 1 heterocycles. The largest absolute Gasteiger partial charge is 0.385 e. The van der Waals surface area contributed by atoms with Gasteiger partial charge in [0, 0.05) is 32.2 Å². The van der Waals surface area contributed by atoms with Crippen LogP contribution in [0, 0.1) is 0 Å². The Morgan fingerprint density at radius 3 is 2.71 bits per heavy atom. The smallest absolute Gasteiger partial charge is 0.0480 e. The molecule has 0 fully saturated rings. The number of ether oxygens (including phenoxy) is 1. The molecule has 0 aliphatic rings. The second-order valence-electron chi connectivity index (χ2n) is 3.17. The first-order valence-electron chi connectivity index (χ1n) is 5.00. The summed E-state index contributed by atoms with van der Waals surface area (Å²) in [5.74, 6) is 0. The van der Waals surface area contributed by atoms with Gasteiger partial charge in [-0.3, -0.25) is 4.98 Å². The van der Waals surface area contributed by atoms with E-state index >= 15 is 0 Å². The van der Waals surface area contributed by atoms with Crippen LogP contribution < -0.4 is 5.32 Å². The highest BCUT2D eigenvalue weighted by molar-refractivity contribution is 5.14. The summed E-state index contributed by atoms with van der Waals surface area (Å²) in [6.07, 6.45) is 4.65. The zero-order valence-electron chi connectivity index (χ0n) is 8.86. The third kappa shape index (κ3) is 3.44. The van der Waals surface area contributed by atoms with E-state index in [1.807, 2.05) is 24.5 Å². The minimum atomic E-state index is 0.378. The van der Waals surface area contributed by atoms with Crippen LogP contribution in [0.1, 0.15) is 24.9 Å². The molecule has 3 heteroatoms. The van der Waals surface area contributed by atoms with E-state index in [0.717, 1.165) is 19.6 Å². The first-order valence-corrected chi connectivity index (χ1v) is 5.00. The van der Waals surface area contributed by atoms with E-state index in [4.69, 9.17) is 4.74 Å². The van der Waals surface area contributed by atoms with Crippen molar-refractivity contribution in [3.8, 4) is 0 Å². The van der Waals surface area contributed by atoms with Crippen LogP contribution >= 0.6 is 0 Å². The Kier molecular flexibility index (Phi) is 5.19. The summed E-state index contributed by atoms with van der Waals surface area (Å²) in [6, 6.07) is 4.47. The zero-order valence-corrected chi connectivity index (χ0v) is 8.86. The average molecular weight is 194 g/mol. The highest BCUT2D eigenvalue weighted by atomic mass is 16.5. The minimum absolute atomic E-state index is 0.378. The monoisotopic (exact) mass is 194 g/mol. The molecule has 0 saturated carbocycles. The fourth-order valence-electron chi connectivity index (χ4n) is 1.46. The first-order chi connectivity index (χ1) is 6.88. The van der Waals surface area contributed by atoms with E-state index in [1.165, 1.54) is 5.56 Å². The van der Waals surface area contributed by atoms with Gasteiger partial charge in [-0.15, -0.1) is 0 Å². The number of methoxy groups -OCH3 is 1. The number of nitrogens with one attached hydrogen (secondary N) is 1. The van der Waals surface area contributed by atoms with Crippen LogP contribution in [0.15, 0.2) is 24.5 Å². The number of rotatable bonds is 6. The highest BCUT2D eigenvalue weighted by Crippen LogP contribution is 2.15. The Bertz CT molecular complexity index is 238. The first kappa shape index (κ1) is 11.1. The highest BCUT2D eigenvalue weighted by Gasteiger charge is 2.08. The van der Waals surface area contributed by atoms with E-state index in [1.54, 1.807) is 7.11 Å². The summed E-state index contributed by atoms with van der Waals surface area (Å²) < 4.78 is 5.08. The summed E-state index contributed by atoms with van der Waals surface area (Å²) in [7, 11) is 1.73. The normalized spacial score (nSPS) is 12.7. The van der Waals surface area contributed by atoms with Gasteiger partial charge in [-0.2, -0.15) is 0 Å². The molecule has 14 heavy (non-hydrogen) atoms. The van der Waals surface area contributed by atoms with E-state index in [9.17, 15) is 0 Å². The number of aromatic nitrogens is 1. The van der Waals surface area contributed by atoms with Crippen molar-refractivity contribution in [1.29, 1.82) is 0 Å². The molecule has 1 atom stereocenters. The molecule has 1 aromatic heterocycles. The van der Waals surface area contributed by atoms with Gasteiger partial charge in [-0.1, -0.05) is 6.92 Å². The third-order valence-corrected chi connectivity index (χ3v) is 2.17. The van der Waals surface area contributed by atoms with Crippen molar-refractivity contribution in [2.24, 2.45) is 0 Å². The lowest BCUT2D eigenvalue weighted by Crippen LogP contribution is -2.22. The summed E-state index contributed by atoms with van der Waals surface area (Å²) in [5.41, 5.74) is 1.28. The Balaban J connectivity index is 2.58. The van der Waals surface area contributed by atoms with Gasteiger partial charge in [-0.05, 0) is 30.7 Å². The van der Waals surface area contributed by atoms with Crippen LogP contribution in [0.3, 0.4) is 0 Å². The molecular formula is C11H18N2O. The molecule has 1 unspecified atom stereocenters. The minimum Gasteiger partial charge on any atom is -0.385 e. The van der Waals surface area contributed by atoms with Gasteiger partial charge in [0.25, 0.3) is 0 Å². The Hall–Kier alpha value is -0.930. The molecule has 78 valence electrons. The number of nitrogens with zero attached hydrogens (tertiary/aromatic N) is 1. The van der Waals surface area contributed by atoms with Gasteiger partial charge in [0.2, 0.25) is 0 Å². The topological polar surface area (TPSA) is 34.1 Å². The molecule has 1 aromatic rings. The molecule has 1 rings (SSSR count). The van der Waals surface area contributed by atoms with Gasteiger partial charge in [0.05, 0.1) is 0 Å². The fraction of sp³-hybridized carbons (Fsp3) is 0.545. The van der Waals surface area contributed by atoms with Gasteiger partial charge in [0.1, 0.15) is 0 Å². The quantitative estimate of drug-likeness (QED) is 0.749. The number of pyridine rings is 1. The molecule has 0 aliphatic carbocycles. The van der Waals surface area contributed by atoms with Crippen molar-refractivity contribution >= 4 is 0 Å². The molecule has 3 nitrogen and oxygen atoms in total. The lowest BCUT2D eigenvalue weighted by molar-refractivity contribution is 0.183. The lowest BCUT2D eigenvalue weighted by Gasteiger charge is -2.17. The van der Waals surface area contributed by atoms with Crippen molar-refractivity contribution in [3.63, 3.8) is 0 Å². The van der Waals surface area contributed by atoms with Crippen LogP contribution in [-0.2, 0) is 4.74 Å². The Morgan fingerprint density at radius 2 is 2.14 bits per heavy atom. The molecule has 0 radical (unpaired) electrons. The number of hydrogen-bond donors (Lipinski definition) is 1. The van der Waals surface area contributed by atoms with Crippen LogP contribution in [0.5, 0.6) is 0 Å². The van der Waals surface area contributed by atoms with E-state index in [0.29, 0.717) is 6.04 Å². The Morgan fingerprint density at radius 1 is 1.43 bits per heavy atom. The summed E-state index contributed by atoms with van der Waals surface area (Å²) >= 11 is 0. The maximum absolute atomic E-state index is 5.08. The van der Waals surface area contributed by atoms with Gasteiger partial charge in [-0.25, -0.2) is 0 Å². The average Bonchev–Trinajstić information content (AvgIpc) is 2.25. The molecule has 0 bridgehead atoms. The third-order valence-electron chi connectivity index (χ3n) is 2.17. The summed E-state index contributed by atoms with van der Waals surface area (Å²) in [4.78, 5) is 4.01. The van der Waals surface area contributed by atoms with Crippen LogP contribution in [-0.4, -0.2) is 25.2 Å². The standard InChI is InChI=1S/C11H18N2O/c1-3-13-11(6-9-14-2)10-4-7-12-8-5-10/h4-5,7-8,11,13H,3,6,9H2,1-2H3. The molecule has 0 saturated heterocycles. The zero-order chi connectivity index (χ0) is 10.2. The second kappa shape index (κ2) is 6.51. The van der Waals surface area contributed by atoms with E-state index in [2.05, 4.69) is 17.2 Å².